The van der Waals surface area contributed by atoms with Crippen LogP contribution in [0.15, 0.2) is 53.5 Å². The van der Waals surface area contributed by atoms with E-state index in [9.17, 15) is 9.59 Å². The molecule has 0 radical (unpaired) electrons. The van der Waals surface area contributed by atoms with E-state index in [2.05, 4.69) is 36.4 Å². The molecule has 1 atom stereocenters. The largest absolute Gasteiger partial charge is 0.350 e. The molecule has 0 aliphatic carbocycles. The van der Waals surface area contributed by atoms with Crippen molar-refractivity contribution in [1.29, 1.82) is 0 Å². The number of carbonyl (C=O) groups is 1. The monoisotopic (exact) mass is 352 g/mol. The van der Waals surface area contributed by atoms with Crippen LogP contribution in [0.4, 0.5) is 0 Å². The molecule has 0 fully saturated rings. The highest BCUT2D eigenvalue weighted by atomic mass is 16.2. The summed E-state index contributed by atoms with van der Waals surface area (Å²) in [5.41, 5.74) is 2.53. The van der Waals surface area contributed by atoms with Crippen LogP contribution in [0.25, 0.3) is 5.65 Å². The highest BCUT2D eigenvalue weighted by Gasteiger charge is 2.13. The molecule has 0 aliphatic heterocycles. The molecule has 2 aromatic heterocycles. The van der Waals surface area contributed by atoms with E-state index < -0.39 is 0 Å². The summed E-state index contributed by atoms with van der Waals surface area (Å²) in [5.74, 6) is 0.371. The molecule has 1 amide bonds. The molecule has 3 rings (SSSR count). The summed E-state index contributed by atoms with van der Waals surface area (Å²) in [5, 5.41) is 7.11. The number of aromatic nitrogens is 3. The highest BCUT2D eigenvalue weighted by Crippen LogP contribution is 2.15. The molecule has 0 aliphatic rings. The average Bonchev–Trinajstić information content (AvgIpc) is 2.91. The Labute approximate surface area is 152 Å². The van der Waals surface area contributed by atoms with Crippen molar-refractivity contribution >= 4 is 11.6 Å². The Morgan fingerprint density at radius 3 is 2.50 bits per heavy atom. The fraction of sp³-hybridized carbons (Fsp3) is 0.350. The maximum absolute atomic E-state index is 12.3. The van der Waals surface area contributed by atoms with Crippen LogP contribution in [0, 0.1) is 5.92 Å². The van der Waals surface area contributed by atoms with Gasteiger partial charge in [0.15, 0.2) is 5.65 Å². The predicted octanol–water partition coefficient (Wildman–Crippen LogP) is 2.57. The average molecular weight is 352 g/mol. The Bertz CT molecular complexity index is 954. The number of nitrogens with zero attached hydrogens (tertiary/aromatic N) is 3. The number of benzene rings is 1. The lowest BCUT2D eigenvalue weighted by Crippen LogP contribution is -2.34. The molecule has 2 heterocycles. The van der Waals surface area contributed by atoms with Gasteiger partial charge in [0.05, 0.1) is 6.04 Å². The van der Waals surface area contributed by atoms with Crippen LogP contribution in [-0.4, -0.2) is 20.1 Å². The van der Waals surface area contributed by atoms with Crippen LogP contribution in [0.3, 0.4) is 0 Å². The molecule has 0 unspecified atom stereocenters. The van der Waals surface area contributed by atoms with Crippen molar-refractivity contribution in [2.45, 2.75) is 39.8 Å². The molecular formula is C20H24N4O2. The van der Waals surface area contributed by atoms with Gasteiger partial charge in [-0.15, -0.1) is 5.10 Å². The van der Waals surface area contributed by atoms with Crippen molar-refractivity contribution < 1.29 is 4.79 Å². The summed E-state index contributed by atoms with van der Waals surface area (Å²) >= 11 is 0. The smallest absolute Gasteiger partial charge is 0.348 e. The Morgan fingerprint density at radius 1 is 1.12 bits per heavy atom. The van der Waals surface area contributed by atoms with Gasteiger partial charge in [0, 0.05) is 6.20 Å². The minimum absolute atomic E-state index is 0.101. The van der Waals surface area contributed by atoms with Gasteiger partial charge in [-0.05, 0) is 42.5 Å². The Balaban J connectivity index is 1.65. The molecule has 136 valence electrons. The fourth-order valence-electron chi connectivity index (χ4n) is 2.99. The van der Waals surface area contributed by atoms with Crippen molar-refractivity contribution in [2.75, 3.05) is 0 Å². The summed E-state index contributed by atoms with van der Waals surface area (Å²) < 4.78 is 2.60. The van der Waals surface area contributed by atoms with E-state index in [0.29, 0.717) is 11.6 Å². The minimum atomic E-state index is -0.318. The quantitative estimate of drug-likeness (QED) is 0.741. The Kier molecular flexibility index (Phi) is 5.21. The van der Waals surface area contributed by atoms with Crippen LogP contribution in [0.2, 0.25) is 0 Å². The summed E-state index contributed by atoms with van der Waals surface area (Å²) in [6.07, 6.45) is 2.68. The molecule has 0 saturated carbocycles. The van der Waals surface area contributed by atoms with Gasteiger partial charge in [-0.2, -0.15) is 0 Å². The van der Waals surface area contributed by atoms with Crippen LogP contribution in [0.5, 0.6) is 0 Å². The SMILES string of the molecule is CC(C)Cc1ccc([C@@H](C)NC(=O)Cn2nc3ccccn3c2=O)cc1. The number of carbonyl (C=O) groups excluding carboxylic acids is 1. The second kappa shape index (κ2) is 7.56. The first-order valence-electron chi connectivity index (χ1n) is 8.86. The van der Waals surface area contributed by atoms with Gasteiger partial charge in [-0.1, -0.05) is 44.2 Å². The number of fused-ring (bicyclic) bond motifs is 1. The lowest BCUT2D eigenvalue weighted by molar-refractivity contribution is -0.122. The zero-order valence-electron chi connectivity index (χ0n) is 15.3. The number of nitrogens with one attached hydrogen (secondary N) is 1. The maximum atomic E-state index is 12.3. The van der Waals surface area contributed by atoms with Crippen LogP contribution < -0.4 is 11.0 Å². The van der Waals surface area contributed by atoms with Crippen molar-refractivity contribution in [3.05, 3.63) is 70.3 Å². The van der Waals surface area contributed by atoms with E-state index >= 15 is 0 Å². The highest BCUT2D eigenvalue weighted by molar-refractivity contribution is 5.76. The van der Waals surface area contributed by atoms with Crippen LogP contribution in [-0.2, 0) is 17.8 Å². The zero-order chi connectivity index (χ0) is 18.7. The summed E-state index contributed by atoms with van der Waals surface area (Å²) in [6, 6.07) is 13.4. The third kappa shape index (κ3) is 4.02. The molecule has 6 heteroatoms. The first-order valence-corrected chi connectivity index (χ1v) is 8.86. The second-order valence-electron chi connectivity index (χ2n) is 7.00. The maximum Gasteiger partial charge on any atom is 0.350 e. The molecule has 26 heavy (non-hydrogen) atoms. The van der Waals surface area contributed by atoms with Crippen LogP contribution >= 0.6 is 0 Å². The van der Waals surface area contributed by atoms with Gasteiger partial charge in [-0.25, -0.2) is 9.48 Å². The summed E-state index contributed by atoms with van der Waals surface area (Å²) in [4.78, 5) is 24.5. The van der Waals surface area contributed by atoms with Crippen molar-refractivity contribution in [3.8, 4) is 0 Å². The third-order valence-corrected chi connectivity index (χ3v) is 4.28. The van der Waals surface area contributed by atoms with Gasteiger partial charge in [0.2, 0.25) is 5.91 Å². The van der Waals surface area contributed by atoms with E-state index in [0.717, 1.165) is 12.0 Å². The molecule has 1 N–H and O–H groups in total. The van der Waals surface area contributed by atoms with Crippen molar-refractivity contribution in [2.24, 2.45) is 5.92 Å². The van der Waals surface area contributed by atoms with E-state index in [1.807, 2.05) is 19.1 Å². The molecule has 6 nitrogen and oxygen atoms in total. The normalized spacial score (nSPS) is 12.5. The van der Waals surface area contributed by atoms with Crippen molar-refractivity contribution in [1.82, 2.24) is 19.5 Å². The Hall–Kier alpha value is -2.89. The van der Waals surface area contributed by atoms with E-state index in [4.69, 9.17) is 0 Å². The number of hydrogen-bond donors (Lipinski definition) is 1. The lowest BCUT2D eigenvalue weighted by atomic mass is 10.00. The van der Waals surface area contributed by atoms with Gasteiger partial charge in [0.25, 0.3) is 0 Å². The van der Waals surface area contributed by atoms with E-state index in [1.165, 1.54) is 14.6 Å². The molecule has 3 aromatic rings. The number of amides is 1. The second-order valence-corrected chi connectivity index (χ2v) is 7.00. The van der Waals surface area contributed by atoms with E-state index in [1.54, 1.807) is 24.4 Å². The summed E-state index contributed by atoms with van der Waals surface area (Å²) in [7, 11) is 0. The fourth-order valence-corrected chi connectivity index (χ4v) is 2.99. The Morgan fingerprint density at radius 2 is 1.85 bits per heavy atom. The number of hydrogen-bond acceptors (Lipinski definition) is 3. The molecule has 0 saturated heterocycles. The van der Waals surface area contributed by atoms with Gasteiger partial charge >= 0.3 is 5.69 Å². The first kappa shape index (κ1) is 17.9. The summed E-state index contributed by atoms with van der Waals surface area (Å²) in [6.45, 7) is 6.22. The molecular weight excluding hydrogens is 328 g/mol. The van der Waals surface area contributed by atoms with Crippen molar-refractivity contribution in [3.63, 3.8) is 0 Å². The molecule has 1 aromatic carbocycles. The van der Waals surface area contributed by atoms with Gasteiger partial charge in [-0.3, -0.25) is 9.20 Å². The zero-order valence-corrected chi connectivity index (χ0v) is 15.3. The van der Waals surface area contributed by atoms with E-state index in [-0.39, 0.29) is 24.2 Å². The first-order chi connectivity index (χ1) is 12.4. The third-order valence-electron chi connectivity index (χ3n) is 4.28. The van der Waals surface area contributed by atoms with Gasteiger partial charge < -0.3 is 5.32 Å². The predicted molar refractivity (Wildman–Crippen MR) is 101 cm³/mol. The molecule has 0 spiro atoms. The molecule has 0 bridgehead atoms. The number of rotatable bonds is 6. The topological polar surface area (TPSA) is 68.4 Å². The minimum Gasteiger partial charge on any atom is -0.348 e. The standard InChI is InChI=1S/C20H24N4O2/c1-14(2)12-16-7-9-17(10-8-16)15(3)21-19(25)13-24-20(26)23-11-5-4-6-18(23)22-24/h4-11,14-15H,12-13H2,1-3H3,(H,21,25)/t15-/m1/s1. The van der Waals surface area contributed by atoms with Crippen LogP contribution in [0.1, 0.15) is 37.9 Å². The number of pyridine rings is 1. The lowest BCUT2D eigenvalue weighted by Gasteiger charge is -2.15. The van der Waals surface area contributed by atoms with Gasteiger partial charge in [0.1, 0.15) is 6.54 Å².